The summed E-state index contributed by atoms with van der Waals surface area (Å²) in [4.78, 5) is 12.5. The molecule has 2 aromatic heterocycles. The van der Waals surface area contributed by atoms with Crippen molar-refractivity contribution in [2.24, 2.45) is 0 Å². The SMILES string of the molecule is CCc1ncnc(Cl)c1-c1ccc(NC)nc1. The summed E-state index contributed by atoms with van der Waals surface area (Å²) in [5.41, 5.74) is 2.74. The van der Waals surface area contributed by atoms with Crippen LogP contribution >= 0.6 is 11.6 Å². The smallest absolute Gasteiger partial charge is 0.140 e. The average Bonchev–Trinajstić information content (AvgIpc) is 2.38. The Morgan fingerprint density at radius 1 is 1.24 bits per heavy atom. The zero-order chi connectivity index (χ0) is 12.3. The molecule has 0 aliphatic heterocycles. The van der Waals surface area contributed by atoms with Gasteiger partial charge in [-0.3, -0.25) is 0 Å². The lowest BCUT2D eigenvalue weighted by atomic mass is 10.1. The molecule has 5 heteroatoms. The Bertz CT molecular complexity index is 510. The zero-order valence-corrected chi connectivity index (χ0v) is 10.5. The molecule has 17 heavy (non-hydrogen) atoms. The summed E-state index contributed by atoms with van der Waals surface area (Å²) in [7, 11) is 1.83. The Morgan fingerprint density at radius 3 is 2.65 bits per heavy atom. The summed E-state index contributed by atoms with van der Waals surface area (Å²) in [6.07, 6.45) is 4.07. The fourth-order valence-corrected chi connectivity index (χ4v) is 1.90. The number of hydrogen-bond donors (Lipinski definition) is 1. The molecule has 0 saturated heterocycles. The lowest BCUT2D eigenvalue weighted by Crippen LogP contribution is -1.97. The normalized spacial score (nSPS) is 10.3. The monoisotopic (exact) mass is 248 g/mol. The predicted octanol–water partition coefficient (Wildman–Crippen LogP) is 2.80. The molecular formula is C12H13ClN4. The molecular weight excluding hydrogens is 236 g/mol. The maximum atomic E-state index is 6.12. The Morgan fingerprint density at radius 2 is 2.06 bits per heavy atom. The van der Waals surface area contributed by atoms with Crippen LogP contribution in [0, 0.1) is 0 Å². The quantitative estimate of drug-likeness (QED) is 0.849. The molecule has 88 valence electrons. The molecule has 0 fully saturated rings. The van der Waals surface area contributed by atoms with Crippen LogP contribution in [0.25, 0.3) is 11.1 Å². The van der Waals surface area contributed by atoms with Gasteiger partial charge in [0, 0.05) is 24.4 Å². The van der Waals surface area contributed by atoms with Crippen molar-refractivity contribution in [3.05, 3.63) is 35.5 Å². The second-order valence-corrected chi connectivity index (χ2v) is 3.88. The highest BCUT2D eigenvalue weighted by atomic mass is 35.5. The number of rotatable bonds is 3. The van der Waals surface area contributed by atoms with Gasteiger partial charge in [-0.25, -0.2) is 15.0 Å². The van der Waals surface area contributed by atoms with E-state index in [1.165, 1.54) is 6.33 Å². The molecule has 2 rings (SSSR count). The van der Waals surface area contributed by atoms with Crippen molar-refractivity contribution in [1.82, 2.24) is 15.0 Å². The molecule has 0 amide bonds. The number of hydrogen-bond acceptors (Lipinski definition) is 4. The average molecular weight is 249 g/mol. The molecule has 2 aromatic rings. The van der Waals surface area contributed by atoms with Crippen molar-refractivity contribution in [1.29, 1.82) is 0 Å². The third kappa shape index (κ3) is 2.36. The highest BCUT2D eigenvalue weighted by Crippen LogP contribution is 2.28. The van der Waals surface area contributed by atoms with Crippen LogP contribution in [0.3, 0.4) is 0 Å². The van der Waals surface area contributed by atoms with Gasteiger partial charge in [0.15, 0.2) is 0 Å². The van der Waals surface area contributed by atoms with Crippen LogP contribution in [-0.2, 0) is 6.42 Å². The Labute approximate surface area is 105 Å². The van der Waals surface area contributed by atoms with Gasteiger partial charge in [-0.15, -0.1) is 0 Å². The summed E-state index contributed by atoms with van der Waals surface area (Å²) >= 11 is 6.12. The fraction of sp³-hybridized carbons (Fsp3) is 0.250. The maximum Gasteiger partial charge on any atom is 0.140 e. The zero-order valence-electron chi connectivity index (χ0n) is 9.74. The third-order valence-corrected chi connectivity index (χ3v) is 2.81. The molecule has 0 bridgehead atoms. The van der Waals surface area contributed by atoms with E-state index < -0.39 is 0 Å². The van der Waals surface area contributed by atoms with Crippen molar-refractivity contribution in [2.45, 2.75) is 13.3 Å². The lowest BCUT2D eigenvalue weighted by molar-refractivity contribution is 1.00. The van der Waals surface area contributed by atoms with E-state index in [9.17, 15) is 0 Å². The van der Waals surface area contributed by atoms with Crippen molar-refractivity contribution in [3.63, 3.8) is 0 Å². The summed E-state index contributed by atoms with van der Waals surface area (Å²) in [5, 5.41) is 3.44. The molecule has 0 radical (unpaired) electrons. The van der Waals surface area contributed by atoms with Crippen LogP contribution in [0.1, 0.15) is 12.6 Å². The standard InChI is InChI=1S/C12H13ClN4/c1-3-9-11(12(13)17-7-16-9)8-4-5-10(14-2)15-6-8/h4-7H,3H2,1-2H3,(H,14,15). The minimum Gasteiger partial charge on any atom is -0.373 e. The van der Waals surface area contributed by atoms with Crippen molar-refractivity contribution < 1.29 is 0 Å². The number of aryl methyl sites for hydroxylation is 1. The van der Waals surface area contributed by atoms with Crippen LogP contribution < -0.4 is 5.32 Å². The molecule has 0 aliphatic carbocycles. The van der Waals surface area contributed by atoms with Crippen molar-refractivity contribution in [3.8, 4) is 11.1 Å². The van der Waals surface area contributed by atoms with Gasteiger partial charge in [0.1, 0.15) is 17.3 Å². The predicted molar refractivity (Wildman–Crippen MR) is 69.2 cm³/mol. The van der Waals surface area contributed by atoms with E-state index in [4.69, 9.17) is 11.6 Å². The van der Waals surface area contributed by atoms with Crippen molar-refractivity contribution >= 4 is 17.4 Å². The van der Waals surface area contributed by atoms with Crippen LogP contribution in [0.15, 0.2) is 24.7 Å². The molecule has 0 aromatic carbocycles. The van der Waals surface area contributed by atoms with Gasteiger partial charge in [-0.05, 0) is 18.6 Å². The van der Waals surface area contributed by atoms with Gasteiger partial charge >= 0.3 is 0 Å². The van der Waals surface area contributed by atoms with Crippen LogP contribution in [0.4, 0.5) is 5.82 Å². The number of nitrogens with zero attached hydrogens (tertiary/aromatic N) is 3. The Balaban J connectivity index is 2.51. The summed E-state index contributed by atoms with van der Waals surface area (Å²) < 4.78 is 0. The first-order valence-electron chi connectivity index (χ1n) is 5.39. The van der Waals surface area contributed by atoms with Gasteiger partial charge < -0.3 is 5.32 Å². The minimum atomic E-state index is 0.468. The van der Waals surface area contributed by atoms with E-state index in [-0.39, 0.29) is 0 Å². The molecule has 0 spiro atoms. The number of anilines is 1. The summed E-state index contributed by atoms with van der Waals surface area (Å²) in [5.74, 6) is 0.819. The number of nitrogens with one attached hydrogen (secondary N) is 1. The Kier molecular flexibility index (Phi) is 3.54. The highest BCUT2D eigenvalue weighted by molar-refractivity contribution is 6.32. The Hall–Kier alpha value is -1.68. The van der Waals surface area contributed by atoms with Gasteiger partial charge in [-0.1, -0.05) is 18.5 Å². The molecule has 1 N–H and O–H groups in total. The van der Waals surface area contributed by atoms with Crippen molar-refractivity contribution in [2.75, 3.05) is 12.4 Å². The lowest BCUT2D eigenvalue weighted by Gasteiger charge is -2.08. The third-order valence-electron chi connectivity index (χ3n) is 2.52. The first-order chi connectivity index (χ1) is 8.26. The van der Waals surface area contributed by atoms with E-state index in [0.29, 0.717) is 5.15 Å². The number of pyridine rings is 1. The largest absolute Gasteiger partial charge is 0.373 e. The van der Waals surface area contributed by atoms with E-state index in [2.05, 4.69) is 20.3 Å². The maximum absolute atomic E-state index is 6.12. The van der Waals surface area contributed by atoms with Gasteiger partial charge in [0.2, 0.25) is 0 Å². The van der Waals surface area contributed by atoms with Gasteiger partial charge in [0.25, 0.3) is 0 Å². The first-order valence-corrected chi connectivity index (χ1v) is 5.77. The summed E-state index contributed by atoms with van der Waals surface area (Å²) in [6.45, 7) is 2.04. The molecule has 4 nitrogen and oxygen atoms in total. The van der Waals surface area contributed by atoms with E-state index in [0.717, 1.165) is 29.1 Å². The molecule has 0 unspecified atom stereocenters. The highest BCUT2D eigenvalue weighted by Gasteiger charge is 2.11. The molecule has 2 heterocycles. The summed E-state index contributed by atoms with van der Waals surface area (Å²) in [6, 6.07) is 3.86. The van der Waals surface area contributed by atoms with Gasteiger partial charge in [-0.2, -0.15) is 0 Å². The van der Waals surface area contributed by atoms with Crippen LogP contribution in [0.5, 0.6) is 0 Å². The van der Waals surface area contributed by atoms with E-state index >= 15 is 0 Å². The van der Waals surface area contributed by atoms with E-state index in [1.54, 1.807) is 6.20 Å². The molecule has 0 saturated carbocycles. The van der Waals surface area contributed by atoms with E-state index in [1.807, 2.05) is 26.1 Å². The topological polar surface area (TPSA) is 50.7 Å². The van der Waals surface area contributed by atoms with Crippen LogP contribution in [-0.4, -0.2) is 22.0 Å². The second-order valence-electron chi connectivity index (χ2n) is 3.52. The van der Waals surface area contributed by atoms with Gasteiger partial charge in [0.05, 0.1) is 5.69 Å². The minimum absolute atomic E-state index is 0.468. The van der Waals surface area contributed by atoms with Crippen LogP contribution in [0.2, 0.25) is 5.15 Å². The molecule has 0 aliphatic rings. The molecule has 0 atom stereocenters. The first kappa shape index (κ1) is 11.8. The fourth-order valence-electron chi connectivity index (χ4n) is 1.64. The number of aromatic nitrogens is 3. The second kappa shape index (κ2) is 5.10. The number of halogens is 1.